The van der Waals surface area contributed by atoms with Crippen molar-refractivity contribution in [1.82, 2.24) is 15.2 Å². The van der Waals surface area contributed by atoms with Gasteiger partial charge in [-0.15, -0.1) is 0 Å². The van der Waals surface area contributed by atoms with Gasteiger partial charge in [-0.25, -0.2) is 0 Å². The molecule has 14 nitrogen and oxygen atoms in total. The summed E-state index contributed by atoms with van der Waals surface area (Å²) in [5.74, 6) is -1.74. The molecular formula is C29H39N11O3. The number of fused-ring (bicyclic) bond motifs is 1. The molecule has 3 rings (SSSR count). The summed E-state index contributed by atoms with van der Waals surface area (Å²) >= 11 is 0. The number of carbonyl (C=O) groups excluding carboxylic acids is 3. The van der Waals surface area contributed by atoms with E-state index >= 15 is 0 Å². The van der Waals surface area contributed by atoms with Crippen LogP contribution < -0.4 is 39.3 Å². The molecular weight excluding hydrogens is 550 g/mol. The predicted molar refractivity (Wildman–Crippen MR) is 168 cm³/mol. The molecule has 1 heterocycles. The largest absolute Gasteiger partial charge is 0.370 e. The molecule has 43 heavy (non-hydrogen) atoms. The Morgan fingerprint density at radius 1 is 0.860 bits per heavy atom. The molecule has 0 bridgehead atoms. The molecule has 2 unspecified atom stereocenters. The number of anilines is 1. The Bertz CT molecular complexity index is 1420. The molecule has 0 aliphatic rings. The van der Waals surface area contributed by atoms with Crippen LogP contribution in [-0.4, -0.2) is 77.8 Å². The quantitative estimate of drug-likeness (QED) is 0.0880. The molecule has 2 atom stereocenters. The number of hydrogen-bond donors (Lipinski definition) is 7. The first kappa shape index (κ1) is 32.3. The van der Waals surface area contributed by atoms with Gasteiger partial charge in [0.15, 0.2) is 11.9 Å². The van der Waals surface area contributed by atoms with Crippen LogP contribution in [0.2, 0.25) is 0 Å². The van der Waals surface area contributed by atoms with Crippen molar-refractivity contribution < 1.29 is 14.4 Å². The van der Waals surface area contributed by atoms with Gasteiger partial charge in [0, 0.05) is 18.5 Å². The molecule has 228 valence electrons. The third kappa shape index (κ3) is 10.9. The van der Waals surface area contributed by atoms with Crippen molar-refractivity contribution in [2.75, 3.05) is 31.5 Å². The average molecular weight is 590 g/mol. The number of aryl methyl sites for hydroxylation is 1. The van der Waals surface area contributed by atoms with E-state index in [0.29, 0.717) is 18.5 Å². The van der Waals surface area contributed by atoms with Gasteiger partial charge in [-0.1, -0.05) is 48.5 Å². The van der Waals surface area contributed by atoms with Crippen molar-refractivity contribution in [1.29, 1.82) is 0 Å². The minimum absolute atomic E-state index is 0.119. The van der Waals surface area contributed by atoms with Crippen molar-refractivity contribution >= 4 is 46.2 Å². The SMILES string of the molecule is NC(N)=NCCN(CCN=C(N)N)C(=O)CC(N)C(=O)NC(CCc1ccccc1)C(=O)Nc1cnc2ccccc2c1. The summed E-state index contributed by atoms with van der Waals surface area (Å²) in [6, 6.07) is 16.7. The molecule has 0 aliphatic carbocycles. The van der Waals surface area contributed by atoms with Gasteiger partial charge >= 0.3 is 0 Å². The highest BCUT2D eigenvalue weighted by atomic mass is 16.2. The summed E-state index contributed by atoms with van der Waals surface area (Å²) in [4.78, 5) is 53.1. The number of nitrogens with two attached hydrogens (primary N) is 5. The molecule has 12 N–H and O–H groups in total. The van der Waals surface area contributed by atoms with E-state index in [2.05, 4.69) is 25.6 Å². The van der Waals surface area contributed by atoms with Crippen LogP contribution in [0.1, 0.15) is 18.4 Å². The van der Waals surface area contributed by atoms with Crippen molar-refractivity contribution in [3.05, 3.63) is 72.4 Å². The van der Waals surface area contributed by atoms with E-state index in [1.165, 1.54) is 4.90 Å². The maximum atomic E-state index is 13.4. The molecule has 0 radical (unpaired) electrons. The molecule has 3 aromatic rings. The smallest absolute Gasteiger partial charge is 0.247 e. The zero-order chi connectivity index (χ0) is 31.2. The van der Waals surface area contributed by atoms with E-state index in [0.717, 1.165) is 16.5 Å². The Morgan fingerprint density at radius 2 is 1.49 bits per heavy atom. The van der Waals surface area contributed by atoms with Gasteiger partial charge in [0.05, 0.1) is 43.0 Å². The van der Waals surface area contributed by atoms with Crippen LogP contribution in [0.25, 0.3) is 10.9 Å². The zero-order valence-electron chi connectivity index (χ0n) is 23.9. The maximum Gasteiger partial charge on any atom is 0.247 e. The number of nitrogens with zero attached hydrogens (tertiary/aromatic N) is 4. The van der Waals surface area contributed by atoms with Crippen LogP contribution in [0.15, 0.2) is 76.8 Å². The minimum atomic E-state index is -1.23. The first-order chi connectivity index (χ1) is 20.6. The summed E-state index contributed by atoms with van der Waals surface area (Å²) in [7, 11) is 0. The van der Waals surface area contributed by atoms with Crippen molar-refractivity contribution in [3.8, 4) is 0 Å². The number of nitrogens with one attached hydrogen (secondary N) is 2. The minimum Gasteiger partial charge on any atom is -0.370 e. The second kappa shape index (κ2) is 16.3. The summed E-state index contributed by atoms with van der Waals surface area (Å²) in [5.41, 5.74) is 29.9. The first-order valence-electron chi connectivity index (χ1n) is 13.8. The summed E-state index contributed by atoms with van der Waals surface area (Å²) < 4.78 is 0. The summed E-state index contributed by atoms with van der Waals surface area (Å²) in [6.45, 7) is 0.602. The fourth-order valence-corrected chi connectivity index (χ4v) is 4.24. The highest BCUT2D eigenvalue weighted by molar-refractivity contribution is 5.99. The third-order valence-corrected chi connectivity index (χ3v) is 6.47. The van der Waals surface area contributed by atoms with E-state index in [9.17, 15) is 14.4 Å². The van der Waals surface area contributed by atoms with Crippen LogP contribution in [0.3, 0.4) is 0 Å². The molecule has 0 fully saturated rings. The van der Waals surface area contributed by atoms with Crippen LogP contribution in [0.4, 0.5) is 5.69 Å². The Kier molecular flexibility index (Phi) is 12.2. The van der Waals surface area contributed by atoms with Gasteiger partial charge in [-0.2, -0.15) is 0 Å². The molecule has 0 saturated heterocycles. The lowest BCUT2D eigenvalue weighted by atomic mass is 10.0. The van der Waals surface area contributed by atoms with Crippen molar-refractivity contribution in [3.63, 3.8) is 0 Å². The number of hydrogen-bond acceptors (Lipinski definition) is 7. The van der Waals surface area contributed by atoms with E-state index < -0.39 is 29.8 Å². The highest BCUT2D eigenvalue weighted by Gasteiger charge is 2.27. The van der Waals surface area contributed by atoms with E-state index in [4.69, 9.17) is 28.7 Å². The topological polar surface area (TPSA) is 246 Å². The number of amides is 3. The third-order valence-electron chi connectivity index (χ3n) is 6.47. The molecule has 0 saturated carbocycles. The number of para-hydroxylation sites is 1. The van der Waals surface area contributed by atoms with Gasteiger partial charge in [0.25, 0.3) is 0 Å². The van der Waals surface area contributed by atoms with E-state index in [1.54, 1.807) is 12.3 Å². The first-order valence-corrected chi connectivity index (χ1v) is 13.8. The fraction of sp³-hybridized carbons (Fsp3) is 0.310. The second-order valence-corrected chi connectivity index (χ2v) is 9.80. The van der Waals surface area contributed by atoms with Gasteiger partial charge in [-0.3, -0.25) is 29.4 Å². The van der Waals surface area contributed by atoms with Gasteiger partial charge < -0.3 is 44.2 Å². The molecule has 3 amide bonds. The van der Waals surface area contributed by atoms with E-state index in [-0.39, 0.29) is 44.5 Å². The van der Waals surface area contributed by atoms with Crippen LogP contribution in [-0.2, 0) is 20.8 Å². The summed E-state index contributed by atoms with van der Waals surface area (Å²) in [5, 5.41) is 6.42. The fourth-order valence-electron chi connectivity index (χ4n) is 4.24. The monoisotopic (exact) mass is 589 g/mol. The highest BCUT2D eigenvalue weighted by Crippen LogP contribution is 2.17. The molecule has 1 aromatic heterocycles. The summed E-state index contributed by atoms with van der Waals surface area (Å²) in [6.07, 6.45) is 2.05. The number of pyridine rings is 1. The Labute approximate surface area is 249 Å². The molecule has 2 aromatic carbocycles. The number of aromatic nitrogens is 1. The predicted octanol–water partition coefficient (Wildman–Crippen LogP) is -0.616. The maximum absolute atomic E-state index is 13.4. The van der Waals surface area contributed by atoms with Crippen molar-refractivity contribution in [2.24, 2.45) is 38.7 Å². The van der Waals surface area contributed by atoms with Crippen LogP contribution >= 0.6 is 0 Å². The number of aliphatic imine (C=N–C) groups is 2. The lowest BCUT2D eigenvalue weighted by Gasteiger charge is -2.24. The number of carbonyl (C=O) groups is 3. The van der Waals surface area contributed by atoms with Gasteiger partial charge in [0.1, 0.15) is 6.04 Å². The van der Waals surface area contributed by atoms with Gasteiger partial charge in [-0.05, 0) is 30.5 Å². The average Bonchev–Trinajstić information content (AvgIpc) is 2.98. The number of benzene rings is 2. The molecule has 14 heteroatoms. The second-order valence-electron chi connectivity index (χ2n) is 9.80. The molecule has 0 spiro atoms. The van der Waals surface area contributed by atoms with Crippen molar-refractivity contribution in [2.45, 2.75) is 31.3 Å². The Morgan fingerprint density at radius 3 is 2.14 bits per heavy atom. The Balaban J connectivity index is 1.69. The number of guanidine groups is 2. The number of rotatable bonds is 15. The van der Waals surface area contributed by atoms with E-state index in [1.807, 2.05) is 54.6 Å². The van der Waals surface area contributed by atoms with Crippen LogP contribution in [0.5, 0.6) is 0 Å². The zero-order valence-corrected chi connectivity index (χ0v) is 23.9. The normalized spacial score (nSPS) is 12.0. The van der Waals surface area contributed by atoms with Crippen LogP contribution in [0, 0.1) is 0 Å². The lowest BCUT2D eigenvalue weighted by Crippen LogP contribution is -2.51. The van der Waals surface area contributed by atoms with Gasteiger partial charge in [0.2, 0.25) is 17.7 Å². The molecule has 0 aliphatic heterocycles. The Hall–Kier alpha value is -5.24. The lowest BCUT2D eigenvalue weighted by molar-refractivity contribution is -0.134. The standard InChI is InChI=1S/C29H39N11O3/c30-22(17-25(41)40(14-12-35-28(31)32)15-13-36-29(33)34)26(42)39-24(11-10-19-6-2-1-3-7-19)27(43)38-21-16-20-8-4-5-9-23(20)37-18-21/h1-9,16,18,22,24H,10-15,17,30H2,(H,38,43)(H,39,42)(H4,31,32,35)(H4,33,34,36).